The van der Waals surface area contributed by atoms with E-state index in [0.29, 0.717) is 0 Å². The molecule has 0 aliphatic heterocycles. The number of aromatic amines is 1. The maximum atomic E-state index is 9.56. The highest BCUT2D eigenvalue weighted by Crippen LogP contribution is 2.27. The van der Waals surface area contributed by atoms with Gasteiger partial charge in [-0.05, 0) is 25.1 Å². The van der Waals surface area contributed by atoms with Crippen LogP contribution in [0.3, 0.4) is 0 Å². The molecule has 13 heavy (non-hydrogen) atoms. The van der Waals surface area contributed by atoms with Crippen LogP contribution in [0.5, 0.6) is 5.75 Å². The first-order valence-corrected chi connectivity index (χ1v) is 4.07. The summed E-state index contributed by atoms with van der Waals surface area (Å²) in [6.07, 6.45) is 1.66. The summed E-state index contributed by atoms with van der Waals surface area (Å²) >= 11 is 0. The number of aromatic hydroxyl groups is 1. The zero-order chi connectivity index (χ0) is 9.26. The molecule has 2 rings (SSSR count). The van der Waals surface area contributed by atoms with E-state index in [1.54, 1.807) is 12.3 Å². The van der Waals surface area contributed by atoms with Crippen LogP contribution in [0.2, 0.25) is 0 Å². The Hall–Kier alpha value is -1.77. The van der Waals surface area contributed by atoms with Crippen LogP contribution in [-0.2, 0) is 0 Å². The van der Waals surface area contributed by atoms with Gasteiger partial charge in [0.05, 0.1) is 5.69 Å². The fourth-order valence-corrected chi connectivity index (χ4v) is 1.27. The van der Waals surface area contributed by atoms with Crippen LogP contribution in [-0.4, -0.2) is 15.3 Å². The van der Waals surface area contributed by atoms with Gasteiger partial charge >= 0.3 is 0 Å². The molecule has 66 valence electrons. The predicted octanol–water partition coefficient (Wildman–Crippen LogP) is 2.09. The molecule has 3 heteroatoms. The molecule has 0 atom stereocenters. The van der Waals surface area contributed by atoms with Gasteiger partial charge in [0, 0.05) is 11.8 Å². The second kappa shape index (κ2) is 2.94. The van der Waals surface area contributed by atoms with Crippen molar-refractivity contribution in [1.29, 1.82) is 0 Å². The van der Waals surface area contributed by atoms with Crippen molar-refractivity contribution in [2.75, 3.05) is 0 Å². The molecule has 0 bridgehead atoms. The SMILES string of the molecule is Cc1ccc(O)c(-c2ccn[nH]2)c1. The molecule has 1 heterocycles. The van der Waals surface area contributed by atoms with Crippen molar-refractivity contribution in [3.8, 4) is 17.0 Å². The van der Waals surface area contributed by atoms with Gasteiger partial charge in [0.1, 0.15) is 5.75 Å². The second-order valence-corrected chi connectivity index (χ2v) is 2.99. The van der Waals surface area contributed by atoms with Crippen molar-refractivity contribution in [2.24, 2.45) is 0 Å². The zero-order valence-electron chi connectivity index (χ0n) is 7.28. The van der Waals surface area contributed by atoms with Gasteiger partial charge in [0.15, 0.2) is 0 Å². The van der Waals surface area contributed by atoms with Crippen LogP contribution < -0.4 is 0 Å². The van der Waals surface area contributed by atoms with Crippen molar-refractivity contribution in [3.05, 3.63) is 36.0 Å². The van der Waals surface area contributed by atoms with E-state index in [1.807, 2.05) is 25.1 Å². The summed E-state index contributed by atoms with van der Waals surface area (Å²) < 4.78 is 0. The Morgan fingerprint density at radius 1 is 1.31 bits per heavy atom. The van der Waals surface area contributed by atoms with Crippen LogP contribution in [0.15, 0.2) is 30.5 Å². The van der Waals surface area contributed by atoms with Crippen molar-refractivity contribution in [1.82, 2.24) is 10.2 Å². The van der Waals surface area contributed by atoms with Crippen LogP contribution >= 0.6 is 0 Å². The van der Waals surface area contributed by atoms with Crippen molar-refractivity contribution < 1.29 is 5.11 Å². The first-order chi connectivity index (χ1) is 6.27. The summed E-state index contributed by atoms with van der Waals surface area (Å²) in [5.41, 5.74) is 2.74. The first kappa shape index (κ1) is 7.86. The number of aromatic nitrogens is 2. The number of phenolic OH excluding ortho intramolecular Hbond substituents is 1. The molecule has 0 amide bonds. The van der Waals surface area contributed by atoms with E-state index in [0.717, 1.165) is 16.8 Å². The Morgan fingerprint density at radius 2 is 2.15 bits per heavy atom. The average molecular weight is 174 g/mol. The van der Waals surface area contributed by atoms with E-state index in [1.165, 1.54) is 0 Å². The number of phenols is 1. The van der Waals surface area contributed by atoms with E-state index in [2.05, 4.69) is 10.2 Å². The minimum absolute atomic E-state index is 0.273. The monoisotopic (exact) mass is 174 g/mol. The fourth-order valence-electron chi connectivity index (χ4n) is 1.27. The number of nitrogens with zero attached hydrogens (tertiary/aromatic N) is 1. The summed E-state index contributed by atoms with van der Waals surface area (Å²) in [7, 11) is 0. The molecular weight excluding hydrogens is 164 g/mol. The molecule has 0 spiro atoms. The van der Waals surface area contributed by atoms with E-state index >= 15 is 0 Å². The Morgan fingerprint density at radius 3 is 2.85 bits per heavy atom. The molecular formula is C10H10N2O. The Kier molecular flexibility index (Phi) is 1.77. The minimum atomic E-state index is 0.273. The molecule has 1 aromatic carbocycles. The van der Waals surface area contributed by atoms with Gasteiger partial charge in [-0.2, -0.15) is 5.10 Å². The molecule has 0 fully saturated rings. The lowest BCUT2D eigenvalue weighted by atomic mass is 10.1. The standard InChI is InChI=1S/C10H10N2O/c1-7-2-3-10(13)8(6-7)9-4-5-11-12-9/h2-6,13H,1H3,(H,11,12). The van der Waals surface area contributed by atoms with Crippen LogP contribution in [0.25, 0.3) is 11.3 Å². The van der Waals surface area contributed by atoms with Crippen LogP contribution in [0.4, 0.5) is 0 Å². The van der Waals surface area contributed by atoms with Gasteiger partial charge in [0.2, 0.25) is 0 Å². The average Bonchev–Trinajstić information content (AvgIpc) is 2.61. The van der Waals surface area contributed by atoms with E-state index in [9.17, 15) is 5.11 Å². The summed E-state index contributed by atoms with van der Waals surface area (Å²) in [4.78, 5) is 0. The highest BCUT2D eigenvalue weighted by atomic mass is 16.3. The second-order valence-electron chi connectivity index (χ2n) is 2.99. The smallest absolute Gasteiger partial charge is 0.124 e. The summed E-state index contributed by atoms with van der Waals surface area (Å²) in [5.74, 6) is 0.273. The number of benzene rings is 1. The lowest BCUT2D eigenvalue weighted by molar-refractivity contribution is 0.477. The normalized spacial score (nSPS) is 10.2. The summed E-state index contributed by atoms with van der Waals surface area (Å²) in [6, 6.07) is 7.30. The Balaban J connectivity index is 2.57. The Bertz CT molecular complexity index is 407. The number of H-pyrrole nitrogens is 1. The predicted molar refractivity (Wildman–Crippen MR) is 50.4 cm³/mol. The quantitative estimate of drug-likeness (QED) is 0.695. The van der Waals surface area contributed by atoms with Gasteiger partial charge in [-0.15, -0.1) is 0 Å². The first-order valence-electron chi connectivity index (χ1n) is 4.07. The maximum Gasteiger partial charge on any atom is 0.124 e. The number of hydrogen-bond acceptors (Lipinski definition) is 2. The van der Waals surface area contributed by atoms with Crippen molar-refractivity contribution in [2.45, 2.75) is 6.92 Å². The van der Waals surface area contributed by atoms with E-state index in [-0.39, 0.29) is 5.75 Å². The number of hydrogen-bond donors (Lipinski definition) is 2. The molecule has 0 saturated heterocycles. The third-order valence-corrected chi connectivity index (χ3v) is 1.94. The third-order valence-electron chi connectivity index (χ3n) is 1.94. The molecule has 2 aromatic rings. The summed E-state index contributed by atoms with van der Waals surface area (Å²) in [6.45, 7) is 1.99. The van der Waals surface area contributed by atoms with Crippen molar-refractivity contribution >= 4 is 0 Å². The van der Waals surface area contributed by atoms with Crippen LogP contribution in [0.1, 0.15) is 5.56 Å². The summed E-state index contributed by atoms with van der Waals surface area (Å²) in [5, 5.41) is 16.2. The molecule has 0 unspecified atom stereocenters. The Labute approximate surface area is 76.0 Å². The lowest BCUT2D eigenvalue weighted by Gasteiger charge is -2.02. The van der Waals surface area contributed by atoms with Gasteiger partial charge in [-0.1, -0.05) is 11.6 Å². The molecule has 3 nitrogen and oxygen atoms in total. The van der Waals surface area contributed by atoms with Gasteiger partial charge in [-0.25, -0.2) is 0 Å². The number of rotatable bonds is 1. The third kappa shape index (κ3) is 1.40. The fraction of sp³-hybridized carbons (Fsp3) is 0.100. The highest BCUT2D eigenvalue weighted by Gasteiger charge is 2.04. The number of aryl methyl sites for hydroxylation is 1. The molecule has 2 N–H and O–H groups in total. The molecule has 0 aliphatic carbocycles. The minimum Gasteiger partial charge on any atom is -0.507 e. The molecule has 1 aromatic heterocycles. The van der Waals surface area contributed by atoms with E-state index < -0.39 is 0 Å². The molecule has 0 saturated carbocycles. The van der Waals surface area contributed by atoms with Crippen molar-refractivity contribution in [3.63, 3.8) is 0 Å². The van der Waals surface area contributed by atoms with Gasteiger partial charge in [-0.3, -0.25) is 5.10 Å². The van der Waals surface area contributed by atoms with E-state index in [4.69, 9.17) is 0 Å². The molecule has 0 aliphatic rings. The topological polar surface area (TPSA) is 48.9 Å². The lowest BCUT2D eigenvalue weighted by Crippen LogP contribution is -1.81. The maximum absolute atomic E-state index is 9.56. The zero-order valence-corrected chi connectivity index (χ0v) is 7.28. The molecule has 0 radical (unpaired) electrons. The largest absolute Gasteiger partial charge is 0.507 e. The van der Waals surface area contributed by atoms with Gasteiger partial charge < -0.3 is 5.11 Å². The number of nitrogens with one attached hydrogen (secondary N) is 1. The highest BCUT2D eigenvalue weighted by molar-refractivity contribution is 5.66. The van der Waals surface area contributed by atoms with Crippen LogP contribution in [0, 0.1) is 6.92 Å². The van der Waals surface area contributed by atoms with Gasteiger partial charge in [0.25, 0.3) is 0 Å².